The van der Waals surface area contributed by atoms with Gasteiger partial charge in [-0.15, -0.1) is 10.2 Å². The zero-order valence-electron chi connectivity index (χ0n) is 9.68. The fourth-order valence-corrected chi connectivity index (χ4v) is 2.50. The highest BCUT2D eigenvalue weighted by atomic mass is 79.9. The van der Waals surface area contributed by atoms with Crippen molar-refractivity contribution >= 4 is 31.9 Å². The molecule has 0 aliphatic heterocycles. The van der Waals surface area contributed by atoms with Crippen LogP contribution in [0.1, 0.15) is 0 Å². The summed E-state index contributed by atoms with van der Waals surface area (Å²) in [6, 6.07) is 15.5. The molecule has 0 saturated carbocycles. The molecule has 0 amide bonds. The summed E-state index contributed by atoms with van der Waals surface area (Å²) in [4.78, 5) is 0. The van der Waals surface area contributed by atoms with Crippen molar-refractivity contribution in [3.05, 3.63) is 57.5 Å². The van der Waals surface area contributed by atoms with E-state index in [-0.39, 0.29) is 0 Å². The van der Waals surface area contributed by atoms with E-state index in [0.717, 1.165) is 20.1 Å². The highest BCUT2D eigenvalue weighted by molar-refractivity contribution is 9.10. The van der Waals surface area contributed by atoms with Gasteiger partial charge in [0, 0.05) is 20.1 Å². The molecule has 1 heterocycles. The van der Waals surface area contributed by atoms with Crippen LogP contribution in [0.25, 0.3) is 22.9 Å². The quantitative estimate of drug-likeness (QED) is 0.633. The van der Waals surface area contributed by atoms with E-state index in [0.29, 0.717) is 11.8 Å². The lowest BCUT2D eigenvalue weighted by molar-refractivity contribution is 0.584. The number of hydrogen-bond acceptors (Lipinski definition) is 3. The third-order valence-corrected chi connectivity index (χ3v) is 3.55. The van der Waals surface area contributed by atoms with Crippen molar-refractivity contribution in [1.82, 2.24) is 10.2 Å². The van der Waals surface area contributed by atoms with Crippen LogP contribution in [0.3, 0.4) is 0 Å². The Hall–Kier alpha value is -1.46. The van der Waals surface area contributed by atoms with E-state index in [1.54, 1.807) is 0 Å². The Balaban J connectivity index is 2.00. The average Bonchev–Trinajstić information content (AvgIpc) is 2.88. The van der Waals surface area contributed by atoms with Gasteiger partial charge < -0.3 is 4.42 Å². The second-order valence-electron chi connectivity index (χ2n) is 3.93. The first-order valence-corrected chi connectivity index (χ1v) is 7.16. The van der Waals surface area contributed by atoms with E-state index in [1.165, 1.54) is 0 Å². The largest absolute Gasteiger partial charge is 0.416 e. The van der Waals surface area contributed by atoms with Crippen LogP contribution in [-0.4, -0.2) is 10.2 Å². The van der Waals surface area contributed by atoms with Crippen LogP contribution in [-0.2, 0) is 0 Å². The molecule has 3 rings (SSSR count). The first-order valence-electron chi connectivity index (χ1n) is 5.58. The van der Waals surface area contributed by atoms with Gasteiger partial charge >= 0.3 is 0 Å². The van der Waals surface area contributed by atoms with Gasteiger partial charge in [-0.05, 0) is 36.4 Å². The van der Waals surface area contributed by atoms with Gasteiger partial charge in [-0.1, -0.05) is 44.0 Å². The van der Waals surface area contributed by atoms with Crippen LogP contribution in [0.4, 0.5) is 0 Å². The SMILES string of the molecule is Brc1cccc(-c2nnc(-c3cccc(Br)c3)o2)c1. The smallest absolute Gasteiger partial charge is 0.248 e. The monoisotopic (exact) mass is 378 g/mol. The standard InChI is InChI=1S/C14H8Br2N2O/c15-11-5-1-3-9(7-11)13-17-18-14(19-13)10-4-2-6-12(16)8-10/h1-8H. The van der Waals surface area contributed by atoms with Crippen molar-refractivity contribution in [2.45, 2.75) is 0 Å². The molecule has 0 aliphatic rings. The molecule has 0 N–H and O–H groups in total. The average molecular weight is 380 g/mol. The van der Waals surface area contributed by atoms with E-state index in [1.807, 2.05) is 48.5 Å². The van der Waals surface area contributed by atoms with E-state index in [9.17, 15) is 0 Å². The minimum atomic E-state index is 0.510. The molecule has 3 nitrogen and oxygen atoms in total. The van der Waals surface area contributed by atoms with Gasteiger partial charge in [-0.25, -0.2) is 0 Å². The summed E-state index contributed by atoms with van der Waals surface area (Å²) in [7, 11) is 0. The summed E-state index contributed by atoms with van der Waals surface area (Å²) in [6.07, 6.45) is 0. The van der Waals surface area contributed by atoms with Gasteiger partial charge in [0.15, 0.2) is 0 Å². The Bertz CT molecular complexity index is 665. The van der Waals surface area contributed by atoms with Crippen molar-refractivity contribution in [2.24, 2.45) is 0 Å². The zero-order valence-corrected chi connectivity index (χ0v) is 12.8. The predicted octanol–water partition coefficient (Wildman–Crippen LogP) is 4.93. The molecule has 0 atom stereocenters. The van der Waals surface area contributed by atoms with Crippen LogP contribution < -0.4 is 0 Å². The Morgan fingerprint density at radius 3 is 1.63 bits per heavy atom. The van der Waals surface area contributed by atoms with Crippen molar-refractivity contribution in [1.29, 1.82) is 0 Å². The first-order chi connectivity index (χ1) is 9.22. The second-order valence-corrected chi connectivity index (χ2v) is 5.76. The van der Waals surface area contributed by atoms with Crippen LogP contribution in [0.5, 0.6) is 0 Å². The normalized spacial score (nSPS) is 10.6. The number of nitrogens with zero attached hydrogens (tertiary/aromatic N) is 2. The molecule has 3 aromatic rings. The zero-order chi connectivity index (χ0) is 13.2. The van der Waals surface area contributed by atoms with Gasteiger partial charge in [-0.2, -0.15) is 0 Å². The minimum absolute atomic E-state index is 0.510. The molecule has 2 aromatic carbocycles. The van der Waals surface area contributed by atoms with Gasteiger partial charge in [0.05, 0.1) is 0 Å². The van der Waals surface area contributed by atoms with Crippen molar-refractivity contribution < 1.29 is 4.42 Å². The molecule has 5 heteroatoms. The summed E-state index contributed by atoms with van der Waals surface area (Å²) < 4.78 is 7.66. The lowest BCUT2D eigenvalue weighted by Gasteiger charge is -1.96. The summed E-state index contributed by atoms with van der Waals surface area (Å²) in [5.74, 6) is 1.02. The lowest BCUT2D eigenvalue weighted by Crippen LogP contribution is -1.77. The number of aromatic nitrogens is 2. The Kier molecular flexibility index (Phi) is 3.48. The van der Waals surface area contributed by atoms with E-state index >= 15 is 0 Å². The minimum Gasteiger partial charge on any atom is -0.416 e. The molecule has 0 radical (unpaired) electrons. The molecule has 1 aromatic heterocycles. The Labute approximate surface area is 126 Å². The number of halogens is 2. The topological polar surface area (TPSA) is 38.9 Å². The fourth-order valence-electron chi connectivity index (χ4n) is 1.70. The van der Waals surface area contributed by atoms with Gasteiger partial charge in [0.1, 0.15) is 0 Å². The maximum absolute atomic E-state index is 5.70. The molecule has 0 aliphatic carbocycles. The molecular formula is C14H8Br2N2O. The van der Waals surface area contributed by atoms with Crippen molar-refractivity contribution in [3.8, 4) is 22.9 Å². The summed E-state index contributed by atoms with van der Waals surface area (Å²) >= 11 is 6.85. The molecule has 94 valence electrons. The third-order valence-electron chi connectivity index (χ3n) is 2.57. The van der Waals surface area contributed by atoms with Crippen LogP contribution in [0, 0.1) is 0 Å². The molecule has 0 bridgehead atoms. The molecule has 0 fully saturated rings. The number of hydrogen-bond donors (Lipinski definition) is 0. The summed E-state index contributed by atoms with van der Waals surface area (Å²) in [6.45, 7) is 0. The molecular weight excluding hydrogens is 372 g/mol. The fraction of sp³-hybridized carbons (Fsp3) is 0. The summed E-state index contributed by atoms with van der Waals surface area (Å²) in [5, 5.41) is 8.16. The lowest BCUT2D eigenvalue weighted by atomic mass is 10.2. The van der Waals surface area contributed by atoms with E-state index in [2.05, 4.69) is 42.1 Å². The molecule has 0 unspecified atom stereocenters. The molecule has 19 heavy (non-hydrogen) atoms. The third kappa shape index (κ3) is 2.77. The second kappa shape index (κ2) is 5.27. The number of benzene rings is 2. The molecule has 0 spiro atoms. The Morgan fingerprint density at radius 2 is 1.21 bits per heavy atom. The van der Waals surface area contributed by atoms with E-state index < -0.39 is 0 Å². The maximum Gasteiger partial charge on any atom is 0.248 e. The van der Waals surface area contributed by atoms with Crippen molar-refractivity contribution in [2.75, 3.05) is 0 Å². The first kappa shape index (κ1) is 12.6. The van der Waals surface area contributed by atoms with Gasteiger partial charge in [0.25, 0.3) is 0 Å². The van der Waals surface area contributed by atoms with Crippen LogP contribution in [0.2, 0.25) is 0 Å². The Morgan fingerprint density at radius 1 is 0.737 bits per heavy atom. The van der Waals surface area contributed by atoms with E-state index in [4.69, 9.17) is 4.42 Å². The highest BCUT2D eigenvalue weighted by Crippen LogP contribution is 2.26. The predicted molar refractivity (Wildman–Crippen MR) is 80.6 cm³/mol. The van der Waals surface area contributed by atoms with Gasteiger partial charge in [0.2, 0.25) is 11.8 Å². The van der Waals surface area contributed by atoms with Crippen molar-refractivity contribution in [3.63, 3.8) is 0 Å². The number of rotatable bonds is 2. The summed E-state index contributed by atoms with van der Waals surface area (Å²) in [5.41, 5.74) is 1.78. The van der Waals surface area contributed by atoms with Gasteiger partial charge in [-0.3, -0.25) is 0 Å². The van der Waals surface area contributed by atoms with Crippen LogP contribution >= 0.6 is 31.9 Å². The van der Waals surface area contributed by atoms with Crippen LogP contribution in [0.15, 0.2) is 61.9 Å². The maximum atomic E-state index is 5.70. The molecule has 0 saturated heterocycles. The highest BCUT2D eigenvalue weighted by Gasteiger charge is 2.10.